The van der Waals surface area contributed by atoms with Crippen molar-refractivity contribution in [3.8, 4) is 5.75 Å². The van der Waals surface area contributed by atoms with E-state index in [0.717, 1.165) is 30.0 Å². The normalized spacial score (nSPS) is 12.7. The molecule has 1 aliphatic rings. The highest BCUT2D eigenvalue weighted by Gasteiger charge is 2.22. The minimum Gasteiger partial charge on any atom is -0.493 e. The van der Waals surface area contributed by atoms with Crippen LogP contribution in [0.5, 0.6) is 5.75 Å². The Labute approximate surface area is 256 Å². The second-order valence-electron chi connectivity index (χ2n) is 9.89. The number of aryl methyl sites for hydroxylation is 1. The zero-order chi connectivity index (χ0) is 30.0. The SMILES string of the molecule is CCOc1ccccc1/C=C(\NC(=O)c1ccccc1)C(=O)Nc1ccc(SCC(=O)N2CCCc3ccccc32)cc1. The third-order valence-corrected chi connectivity index (χ3v) is 7.93. The standard InChI is InChI=1S/C35H33N3O4S/c1-2-42-32-17-9-7-14-27(32)23-30(37-34(40)26-12-4-3-5-13-26)35(41)36-28-18-20-29(21-19-28)43-24-33(39)38-22-10-15-25-11-6-8-16-31(25)38/h3-9,11-14,16-21,23H,2,10,15,22,24H2,1H3,(H,36,41)(H,37,40)/b30-23-. The summed E-state index contributed by atoms with van der Waals surface area (Å²) >= 11 is 1.46. The molecule has 0 bridgehead atoms. The molecule has 0 atom stereocenters. The van der Waals surface area contributed by atoms with Crippen LogP contribution in [0.1, 0.15) is 34.8 Å². The first-order valence-electron chi connectivity index (χ1n) is 14.2. The maximum Gasteiger partial charge on any atom is 0.272 e. The van der Waals surface area contributed by atoms with Gasteiger partial charge in [0.25, 0.3) is 11.8 Å². The second-order valence-corrected chi connectivity index (χ2v) is 10.9. The molecular weight excluding hydrogens is 558 g/mol. The van der Waals surface area contributed by atoms with Crippen LogP contribution in [-0.2, 0) is 16.0 Å². The number of ether oxygens (including phenoxy) is 1. The Morgan fingerprint density at radius 3 is 2.40 bits per heavy atom. The van der Waals surface area contributed by atoms with Gasteiger partial charge in [-0.2, -0.15) is 0 Å². The molecule has 0 fully saturated rings. The van der Waals surface area contributed by atoms with Gasteiger partial charge < -0.3 is 20.3 Å². The van der Waals surface area contributed by atoms with Gasteiger partial charge in [0.2, 0.25) is 5.91 Å². The van der Waals surface area contributed by atoms with Crippen molar-refractivity contribution >= 4 is 46.9 Å². The number of amides is 3. The van der Waals surface area contributed by atoms with E-state index in [2.05, 4.69) is 16.7 Å². The number of benzene rings is 4. The lowest BCUT2D eigenvalue weighted by Crippen LogP contribution is -2.36. The van der Waals surface area contributed by atoms with E-state index in [4.69, 9.17) is 4.74 Å². The number of carbonyl (C=O) groups is 3. The Morgan fingerprint density at radius 1 is 0.884 bits per heavy atom. The van der Waals surface area contributed by atoms with Crippen LogP contribution in [0.15, 0.2) is 114 Å². The van der Waals surface area contributed by atoms with E-state index in [1.807, 2.05) is 72.5 Å². The summed E-state index contributed by atoms with van der Waals surface area (Å²) in [5.74, 6) is 0.120. The fraction of sp³-hybridized carbons (Fsp3) is 0.171. The zero-order valence-electron chi connectivity index (χ0n) is 23.9. The summed E-state index contributed by atoms with van der Waals surface area (Å²) in [6.45, 7) is 3.08. The largest absolute Gasteiger partial charge is 0.493 e. The van der Waals surface area contributed by atoms with Gasteiger partial charge in [-0.1, -0.05) is 54.6 Å². The molecule has 0 spiro atoms. The summed E-state index contributed by atoms with van der Waals surface area (Å²) in [7, 11) is 0. The first-order chi connectivity index (χ1) is 21.0. The van der Waals surface area contributed by atoms with Crippen LogP contribution >= 0.6 is 11.8 Å². The van der Waals surface area contributed by atoms with Gasteiger partial charge in [0.15, 0.2) is 0 Å². The number of nitrogens with zero attached hydrogens (tertiary/aromatic N) is 1. The number of carbonyl (C=O) groups excluding carboxylic acids is 3. The Morgan fingerprint density at radius 2 is 1.60 bits per heavy atom. The zero-order valence-corrected chi connectivity index (χ0v) is 24.7. The number of para-hydroxylation sites is 2. The van der Waals surface area contributed by atoms with Crippen LogP contribution in [0, 0.1) is 0 Å². The van der Waals surface area contributed by atoms with E-state index in [1.54, 1.807) is 42.5 Å². The minimum atomic E-state index is -0.477. The molecule has 0 aromatic heterocycles. The number of anilines is 2. The number of rotatable bonds is 10. The van der Waals surface area contributed by atoms with Crippen molar-refractivity contribution in [2.24, 2.45) is 0 Å². The second kappa shape index (κ2) is 14.4. The highest BCUT2D eigenvalue weighted by molar-refractivity contribution is 8.00. The summed E-state index contributed by atoms with van der Waals surface area (Å²) < 4.78 is 5.72. The number of nitrogens with one attached hydrogen (secondary N) is 2. The Balaban J connectivity index is 1.27. The predicted molar refractivity (Wildman–Crippen MR) is 172 cm³/mol. The number of hydrogen-bond acceptors (Lipinski definition) is 5. The molecule has 0 radical (unpaired) electrons. The van der Waals surface area contributed by atoms with Gasteiger partial charge in [-0.15, -0.1) is 11.8 Å². The third-order valence-electron chi connectivity index (χ3n) is 6.93. The highest BCUT2D eigenvalue weighted by atomic mass is 32.2. The van der Waals surface area contributed by atoms with Crippen molar-refractivity contribution in [1.82, 2.24) is 5.32 Å². The first-order valence-corrected chi connectivity index (χ1v) is 15.2. The van der Waals surface area contributed by atoms with E-state index in [1.165, 1.54) is 17.3 Å². The van der Waals surface area contributed by atoms with Crippen molar-refractivity contribution < 1.29 is 19.1 Å². The molecule has 0 aliphatic carbocycles. The number of thioether (sulfide) groups is 1. The molecule has 43 heavy (non-hydrogen) atoms. The molecular formula is C35H33N3O4S. The molecule has 2 N–H and O–H groups in total. The monoisotopic (exact) mass is 591 g/mol. The van der Waals surface area contributed by atoms with Crippen molar-refractivity contribution in [3.63, 3.8) is 0 Å². The van der Waals surface area contributed by atoms with Gasteiger partial charge in [-0.3, -0.25) is 14.4 Å². The Kier molecular flexibility index (Phi) is 9.92. The molecule has 0 saturated heterocycles. The van der Waals surface area contributed by atoms with E-state index >= 15 is 0 Å². The van der Waals surface area contributed by atoms with Crippen molar-refractivity contribution in [1.29, 1.82) is 0 Å². The lowest BCUT2D eigenvalue weighted by molar-refractivity contribution is -0.116. The molecule has 4 aromatic carbocycles. The van der Waals surface area contributed by atoms with E-state index in [-0.39, 0.29) is 11.6 Å². The molecule has 8 heteroatoms. The average molecular weight is 592 g/mol. The van der Waals surface area contributed by atoms with Crippen molar-refractivity contribution in [2.45, 2.75) is 24.7 Å². The molecule has 1 aliphatic heterocycles. The van der Waals surface area contributed by atoms with Crippen LogP contribution in [0.2, 0.25) is 0 Å². The fourth-order valence-electron chi connectivity index (χ4n) is 4.83. The quantitative estimate of drug-likeness (QED) is 0.161. The minimum absolute atomic E-state index is 0.0748. The predicted octanol–water partition coefficient (Wildman–Crippen LogP) is 6.57. The Hall–Kier alpha value is -4.82. The molecule has 218 valence electrons. The van der Waals surface area contributed by atoms with Gasteiger partial charge in [0, 0.05) is 33.9 Å². The van der Waals surface area contributed by atoms with Crippen molar-refractivity contribution in [2.75, 3.05) is 29.1 Å². The first kappa shape index (κ1) is 29.7. The number of fused-ring (bicyclic) bond motifs is 1. The molecule has 5 rings (SSSR count). The van der Waals surface area contributed by atoms with Crippen molar-refractivity contribution in [3.05, 3.63) is 126 Å². The van der Waals surface area contributed by atoms with Gasteiger partial charge in [0.05, 0.1) is 12.4 Å². The third kappa shape index (κ3) is 7.72. The summed E-state index contributed by atoms with van der Waals surface area (Å²) in [5, 5.41) is 5.64. The van der Waals surface area contributed by atoms with E-state index < -0.39 is 11.8 Å². The molecule has 7 nitrogen and oxygen atoms in total. The fourth-order valence-corrected chi connectivity index (χ4v) is 5.61. The molecule has 0 saturated carbocycles. The summed E-state index contributed by atoms with van der Waals surface area (Å²) in [5.41, 5.74) is 3.95. The molecule has 1 heterocycles. The maximum absolute atomic E-state index is 13.4. The average Bonchev–Trinajstić information content (AvgIpc) is 3.05. The van der Waals surface area contributed by atoms with E-state index in [0.29, 0.717) is 34.9 Å². The van der Waals surface area contributed by atoms with Crippen LogP contribution in [0.4, 0.5) is 11.4 Å². The molecule has 4 aromatic rings. The van der Waals surface area contributed by atoms with Gasteiger partial charge in [-0.25, -0.2) is 0 Å². The highest BCUT2D eigenvalue weighted by Crippen LogP contribution is 2.29. The van der Waals surface area contributed by atoms with Gasteiger partial charge in [-0.05, 0) is 79.9 Å². The molecule has 0 unspecified atom stereocenters. The topological polar surface area (TPSA) is 87.7 Å². The Bertz CT molecular complexity index is 1620. The summed E-state index contributed by atoms with van der Waals surface area (Å²) in [6.07, 6.45) is 3.56. The van der Waals surface area contributed by atoms with E-state index in [9.17, 15) is 14.4 Å². The molecule has 3 amide bonds. The van der Waals surface area contributed by atoms with Gasteiger partial charge in [0.1, 0.15) is 11.4 Å². The summed E-state index contributed by atoms with van der Waals surface area (Å²) in [6, 6.07) is 31.4. The van der Waals surface area contributed by atoms with Gasteiger partial charge >= 0.3 is 0 Å². The number of hydrogen-bond donors (Lipinski definition) is 2. The lowest BCUT2D eigenvalue weighted by Gasteiger charge is -2.29. The maximum atomic E-state index is 13.4. The van der Waals surface area contributed by atoms with Crippen LogP contribution in [0.25, 0.3) is 6.08 Å². The lowest BCUT2D eigenvalue weighted by atomic mass is 10.0. The van der Waals surface area contributed by atoms with Crippen LogP contribution < -0.4 is 20.3 Å². The van der Waals surface area contributed by atoms with Crippen LogP contribution in [0.3, 0.4) is 0 Å². The smallest absolute Gasteiger partial charge is 0.272 e. The summed E-state index contributed by atoms with van der Waals surface area (Å²) in [4.78, 5) is 42.2. The van der Waals surface area contributed by atoms with Crippen LogP contribution in [-0.4, -0.2) is 36.6 Å².